The molecule has 2 atom stereocenters. The lowest BCUT2D eigenvalue weighted by Gasteiger charge is -2.40. The topological polar surface area (TPSA) is 18.5 Å². The summed E-state index contributed by atoms with van der Waals surface area (Å²) in [4.78, 5) is 5.06. The van der Waals surface area contributed by atoms with E-state index in [9.17, 15) is 4.39 Å². The van der Waals surface area contributed by atoms with E-state index >= 15 is 0 Å². The number of rotatable bonds is 4. The quantitative estimate of drug-likeness (QED) is 0.920. The minimum Gasteiger partial charge on any atom is -0.368 e. The fourth-order valence-corrected chi connectivity index (χ4v) is 3.79. The van der Waals surface area contributed by atoms with Crippen LogP contribution in [0.1, 0.15) is 38.3 Å². The Hall–Kier alpha value is -1.13. The molecule has 116 valence electrons. The third-order valence-corrected chi connectivity index (χ3v) is 4.89. The van der Waals surface area contributed by atoms with Crippen molar-refractivity contribution >= 4 is 5.69 Å². The van der Waals surface area contributed by atoms with Crippen LogP contribution in [0.4, 0.5) is 10.1 Å². The molecule has 0 spiro atoms. The van der Waals surface area contributed by atoms with Gasteiger partial charge in [0.05, 0.1) is 0 Å². The van der Waals surface area contributed by atoms with Crippen LogP contribution < -0.4 is 10.2 Å². The lowest BCUT2D eigenvalue weighted by atomic mass is 10.0. The van der Waals surface area contributed by atoms with Crippen molar-refractivity contribution in [1.82, 2.24) is 10.2 Å². The predicted molar refractivity (Wildman–Crippen MR) is 85.3 cm³/mol. The molecular weight excluding hydrogens is 265 g/mol. The van der Waals surface area contributed by atoms with Gasteiger partial charge < -0.3 is 10.2 Å². The van der Waals surface area contributed by atoms with Gasteiger partial charge in [-0.25, -0.2) is 4.39 Å². The van der Waals surface area contributed by atoms with E-state index in [4.69, 9.17) is 0 Å². The number of hydrogen-bond donors (Lipinski definition) is 1. The summed E-state index contributed by atoms with van der Waals surface area (Å²) in [6, 6.07) is 6.12. The molecule has 0 aromatic heterocycles. The van der Waals surface area contributed by atoms with Crippen LogP contribution >= 0.6 is 0 Å². The Morgan fingerprint density at radius 1 is 1.33 bits per heavy atom. The maximum Gasteiger partial charge on any atom is 0.123 e. The lowest BCUT2D eigenvalue weighted by Crippen LogP contribution is -2.50. The predicted octanol–water partition coefficient (Wildman–Crippen LogP) is 2.78. The van der Waals surface area contributed by atoms with Crippen LogP contribution in [0.3, 0.4) is 0 Å². The Labute approximate surface area is 127 Å². The molecular formula is C17H26FN3. The average molecular weight is 291 g/mol. The molecule has 2 fully saturated rings. The summed E-state index contributed by atoms with van der Waals surface area (Å²) in [7, 11) is 0. The molecule has 1 aromatic rings. The highest BCUT2D eigenvalue weighted by molar-refractivity contribution is 5.55. The smallest absolute Gasteiger partial charge is 0.123 e. The Kier molecular flexibility index (Phi) is 4.45. The second kappa shape index (κ2) is 6.32. The third kappa shape index (κ3) is 3.06. The number of piperazine rings is 1. The van der Waals surface area contributed by atoms with Gasteiger partial charge in [0.25, 0.3) is 0 Å². The summed E-state index contributed by atoms with van der Waals surface area (Å²) < 4.78 is 13.7. The number of benzene rings is 1. The summed E-state index contributed by atoms with van der Waals surface area (Å²) in [5.41, 5.74) is 2.29. The number of nitrogens with zero attached hydrogens (tertiary/aromatic N) is 2. The highest BCUT2D eigenvalue weighted by atomic mass is 19.1. The van der Waals surface area contributed by atoms with Gasteiger partial charge in [-0.15, -0.1) is 0 Å². The number of hydrogen-bond acceptors (Lipinski definition) is 3. The van der Waals surface area contributed by atoms with Gasteiger partial charge >= 0.3 is 0 Å². The van der Waals surface area contributed by atoms with Crippen molar-refractivity contribution in [2.45, 2.75) is 38.8 Å². The van der Waals surface area contributed by atoms with Crippen LogP contribution in [0.15, 0.2) is 18.2 Å². The van der Waals surface area contributed by atoms with Crippen molar-refractivity contribution in [3.63, 3.8) is 0 Å². The molecule has 1 N–H and O–H groups in total. The van der Waals surface area contributed by atoms with Crippen molar-refractivity contribution in [2.24, 2.45) is 0 Å². The fourth-order valence-electron chi connectivity index (χ4n) is 3.79. The van der Waals surface area contributed by atoms with E-state index in [0.717, 1.165) is 31.7 Å². The first-order valence-electron chi connectivity index (χ1n) is 8.21. The van der Waals surface area contributed by atoms with E-state index in [2.05, 4.69) is 29.0 Å². The first-order valence-corrected chi connectivity index (χ1v) is 8.21. The number of fused-ring (bicyclic) bond motifs is 1. The molecule has 3 nitrogen and oxygen atoms in total. The van der Waals surface area contributed by atoms with Gasteiger partial charge in [0.1, 0.15) is 5.82 Å². The van der Waals surface area contributed by atoms with E-state index in [0.29, 0.717) is 6.04 Å². The summed E-state index contributed by atoms with van der Waals surface area (Å²) >= 11 is 0. The van der Waals surface area contributed by atoms with Crippen LogP contribution in [-0.2, 0) is 0 Å². The molecule has 4 heteroatoms. The zero-order chi connectivity index (χ0) is 14.8. The molecule has 0 saturated carbocycles. The van der Waals surface area contributed by atoms with Gasteiger partial charge in [0, 0.05) is 37.4 Å². The van der Waals surface area contributed by atoms with Crippen LogP contribution in [0.25, 0.3) is 0 Å². The van der Waals surface area contributed by atoms with Crippen LogP contribution in [0.2, 0.25) is 0 Å². The van der Waals surface area contributed by atoms with Gasteiger partial charge in [-0.3, -0.25) is 4.90 Å². The maximum atomic E-state index is 13.7. The molecule has 2 heterocycles. The molecule has 2 saturated heterocycles. The van der Waals surface area contributed by atoms with E-state index in [1.165, 1.54) is 25.1 Å². The molecule has 3 rings (SSSR count). The standard InChI is InChI=1S/C17H26FN3/c1-3-19-13(2)16-11-14(18)6-7-17(16)21-10-9-20-8-4-5-15(20)12-21/h6-7,11,13,15,19H,3-5,8-10,12H2,1-2H3. The van der Waals surface area contributed by atoms with Gasteiger partial charge in [-0.05, 0) is 56.6 Å². The second-order valence-corrected chi connectivity index (χ2v) is 6.26. The average Bonchev–Trinajstić information content (AvgIpc) is 2.94. The minimum absolute atomic E-state index is 0.141. The van der Waals surface area contributed by atoms with Gasteiger partial charge in [0.15, 0.2) is 0 Å². The molecule has 0 radical (unpaired) electrons. The maximum absolute atomic E-state index is 13.7. The molecule has 0 bridgehead atoms. The summed E-state index contributed by atoms with van der Waals surface area (Å²) in [5, 5.41) is 3.41. The fraction of sp³-hybridized carbons (Fsp3) is 0.647. The molecule has 1 aromatic carbocycles. The molecule has 0 aliphatic carbocycles. The van der Waals surface area contributed by atoms with E-state index < -0.39 is 0 Å². The SMILES string of the molecule is CCNC(C)c1cc(F)ccc1N1CCN2CCCC2C1. The Morgan fingerprint density at radius 2 is 2.19 bits per heavy atom. The van der Waals surface area contributed by atoms with Crippen molar-refractivity contribution in [3.8, 4) is 0 Å². The zero-order valence-electron chi connectivity index (χ0n) is 13.1. The van der Waals surface area contributed by atoms with Crippen LogP contribution in [-0.4, -0.2) is 43.7 Å². The first-order chi connectivity index (χ1) is 10.2. The largest absolute Gasteiger partial charge is 0.368 e. The Morgan fingerprint density at radius 3 is 3.00 bits per heavy atom. The van der Waals surface area contributed by atoms with Gasteiger partial charge in [0.2, 0.25) is 0 Å². The number of anilines is 1. The van der Waals surface area contributed by atoms with Crippen molar-refractivity contribution < 1.29 is 4.39 Å². The van der Waals surface area contributed by atoms with Crippen molar-refractivity contribution in [2.75, 3.05) is 37.6 Å². The highest BCUT2D eigenvalue weighted by Crippen LogP contribution is 2.31. The summed E-state index contributed by atoms with van der Waals surface area (Å²) in [6.07, 6.45) is 2.62. The molecule has 21 heavy (non-hydrogen) atoms. The highest BCUT2D eigenvalue weighted by Gasteiger charge is 2.31. The molecule has 2 unspecified atom stereocenters. The van der Waals surface area contributed by atoms with Gasteiger partial charge in [-0.1, -0.05) is 6.92 Å². The first kappa shape index (κ1) is 14.8. The summed E-state index contributed by atoms with van der Waals surface area (Å²) in [5.74, 6) is -0.141. The van der Waals surface area contributed by atoms with E-state index in [1.54, 1.807) is 12.1 Å². The van der Waals surface area contributed by atoms with E-state index in [1.807, 2.05) is 6.07 Å². The molecule has 0 amide bonds. The third-order valence-electron chi connectivity index (χ3n) is 4.89. The normalized spacial score (nSPS) is 24.1. The van der Waals surface area contributed by atoms with Crippen LogP contribution in [0.5, 0.6) is 0 Å². The summed E-state index contributed by atoms with van der Waals surface area (Å²) in [6.45, 7) is 9.62. The monoisotopic (exact) mass is 291 g/mol. The van der Waals surface area contributed by atoms with Gasteiger partial charge in [-0.2, -0.15) is 0 Å². The molecule has 2 aliphatic rings. The Bertz CT molecular complexity index is 491. The Balaban J connectivity index is 1.83. The van der Waals surface area contributed by atoms with E-state index in [-0.39, 0.29) is 11.9 Å². The van der Waals surface area contributed by atoms with Crippen molar-refractivity contribution in [1.29, 1.82) is 0 Å². The molecule has 2 aliphatic heterocycles. The lowest BCUT2D eigenvalue weighted by molar-refractivity contribution is 0.230. The number of nitrogens with one attached hydrogen (secondary N) is 1. The zero-order valence-corrected chi connectivity index (χ0v) is 13.1. The second-order valence-electron chi connectivity index (χ2n) is 6.26. The minimum atomic E-state index is -0.141. The van der Waals surface area contributed by atoms with Crippen LogP contribution in [0, 0.1) is 5.82 Å². The number of halogens is 1. The van der Waals surface area contributed by atoms with Crippen molar-refractivity contribution in [3.05, 3.63) is 29.6 Å².